The van der Waals surface area contributed by atoms with Gasteiger partial charge in [-0.3, -0.25) is 14.6 Å². The standard InChI is InChI=1S/C25H23BrFN3O2/c26-20-6-10-23(11-7-20)30(17-22-3-1-2-14-28-22)25(32)19-12-15-29(16-13-19)24(31)18-4-8-21(27)9-5-18/h1-11,14,19H,12-13,15-17H2. The van der Waals surface area contributed by atoms with E-state index in [0.29, 0.717) is 38.0 Å². The molecule has 0 radical (unpaired) electrons. The molecule has 4 rings (SSSR count). The second-order valence-corrected chi connectivity index (χ2v) is 8.71. The summed E-state index contributed by atoms with van der Waals surface area (Å²) in [4.78, 5) is 34.1. The minimum Gasteiger partial charge on any atom is -0.339 e. The molecule has 0 saturated carbocycles. The monoisotopic (exact) mass is 495 g/mol. The highest BCUT2D eigenvalue weighted by molar-refractivity contribution is 9.10. The first-order valence-electron chi connectivity index (χ1n) is 10.5. The van der Waals surface area contributed by atoms with Gasteiger partial charge in [0.25, 0.3) is 5.91 Å². The van der Waals surface area contributed by atoms with E-state index in [1.54, 1.807) is 16.0 Å². The second-order valence-electron chi connectivity index (χ2n) is 7.80. The Kier molecular flexibility index (Phi) is 6.95. The zero-order valence-corrected chi connectivity index (χ0v) is 19.0. The Morgan fingerprint density at radius 1 is 1.00 bits per heavy atom. The molecule has 2 aromatic carbocycles. The Morgan fingerprint density at radius 3 is 2.31 bits per heavy atom. The van der Waals surface area contributed by atoms with Crippen LogP contribution in [0.2, 0.25) is 0 Å². The van der Waals surface area contributed by atoms with Crippen molar-refractivity contribution in [3.05, 3.63) is 94.5 Å². The van der Waals surface area contributed by atoms with E-state index in [0.717, 1.165) is 15.9 Å². The van der Waals surface area contributed by atoms with Crippen LogP contribution in [0.25, 0.3) is 0 Å². The highest BCUT2D eigenvalue weighted by Crippen LogP contribution is 2.27. The molecule has 1 aliphatic rings. The van der Waals surface area contributed by atoms with Crippen molar-refractivity contribution in [3.8, 4) is 0 Å². The fraction of sp³-hybridized carbons (Fsp3) is 0.240. The van der Waals surface area contributed by atoms with E-state index >= 15 is 0 Å². The maximum absolute atomic E-state index is 13.5. The summed E-state index contributed by atoms with van der Waals surface area (Å²) in [5.41, 5.74) is 2.09. The Bertz CT molecular complexity index is 1070. The Labute approximate surface area is 195 Å². The van der Waals surface area contributed by atoms with Crippen LogP contribution in [0.3, 0.4) is 0 Å². The predicted octanol–water partition coefficient (Wildman–Crippen LogP) is 5.07. The van der Waals surface area contributed by atoms with E-state index in [1.165, 1.54) is 24.3 Å². The maximum atomic E-state index is 13.5. The third-order valence-electron chi connectivity index (χ3n) is 5.67. The van der Waals surface area contributed by atoms with Gasteiger partial charge in [0.05, 0.1) is 12.2 Å². The molecule has 164 valence electrons. The Balaban J connectivity index is 1.46. The van der Waals surface area contributed by atoms with Crippen LogP contribution in [0, 0.1) is 11.7 Å². The number of rotatable bonds is 5. The third kappa shape index (κ3) is 5.22. The van der Waals surface area contributed by atoms with Crippen molar-refractivity contribution >= 4 is 33.4 Å². The molecule has 0 spiro atoms. The van der Waals surface area contributed by atoms with E-state index in [-0.39, 0.29) is 23.5 Å². The number of anilines is 1. The van der Waals surface area contributed by atoms with Crippen LogP contribution in [0.1, 0.15) is 28.9 Å². The van der Waals surface area contributed by atoms with Crippen molar-refractivity contribution in [1.82, 2.24) is 9.88 Å². The number of likely N-dealkylation sites (tertiary alicyclic amines) is 1. The molecule has 32 heavy (non-hydrogen) atoms. The topological polar surface area (TPSA) is 53.5 Å². The molecule has 2 heterocycles. The third-order valence-corrected chi connectivity index (χ3v) is 6.20. The molecular formula is C25H23BrFN3O2. The van der Waals surface area contributed by atoms with Crippen LogP contribution < -0.4 is 4.90 Å². The number of piperidine rings is 1. The predicted molar refractivity (Wildman–Crippen MR) is 125 cm³/mol. The molecule has 5 nitrogen and oxygen atoms in total. The van der Waals surface area contributed by atoms with Crippen molar-refractivity contribution in [1.29, 1.82) is 0 Å². The normalized spacial score (nSPS) is 14.2. The summed E-state index contributed by atoms with van der Waals surface area (Å²) in [5.74, 6) is -0.646. The van der Waals surface area contributed by atoms with Crippen LogP contribution >= 0.6 is 15.9 Å². The lowest BCUT2D eigenvalue weighted by Crippen LogP contribution is -2.44. The van der Waals surface area contributed by atoms with Crippen LogP contribution in [0.4, 0.5) is 10.1 Å². The van der Waals surface area contributed by atoms with E-state index < -0.39 is 0 Å². The van der Waals surface area contributed by atoms with Crippen LogP contribution in [-0.4, -0.2) is 34.8 Å². The largest absolute Gasteiger partial charge is 0.339 e. The van der Waals surface area contributed by atoms with Gasteiger partial charge in [-0.05, 0) is 73.5 Å². The summed E-state index contributed by atoms with van der Waals surface area (Å²) in [5, 5.41) is 0. The van der Waals surface area contributed by atoms with Crippen molar-refractivity contribution in [2.24, 2.45) is 5.92 Å². The Hall–Kier alpha value is -3.06. The lowest BCUT2D eigenvalue weighted by molar-refractivity contribution is -0.123. The minimum absolute atomic E-state index is 0.0341. The first-order valence-corrected chi connectivity index (χ1v) is 11.3. The average Bonchev–Trinajstić information content (AvgIpc) is 2.83. The lowest BCUT2D eigenvalue weighted by Gasteiger charge is -2.34. The highest BCUT2D eigenvalue weighted by atomic mass is 79.9. The van der Waals surface area contributed by atoms with Gasteiger partial charge in [0.2, 0.25) is 5.91 Å². The van der Waals surface area contributed by atoms with E-state index in [1.807, 2.05) is 42.5 Å². The summed E-state index contributed by atoms with van der Waals surface area (Å²) in [6.45, 7) is 1.37. The lowest BCUT2D eigenvalue weighted by atomic mass is 9.94. The van der Waals surface area contributed by atoms with Gasteiger partial charge in [0.1, 0.15) is 5.82 Å². The minimum atomic E-state index is -0.369. The number of carbonyl (C=O) groups excluding carboxylic acids is 2. The summed E-state index contributed by atoms with van der Waals surface area (Å²) in [6.07, 6.45) is 2.89. The number of aromatic nitrogens is 1. The van der Waals surface area contributed by atoms with E-state index in [2.05, 4.69) is 20.9 Å². The molecular weight excluding hydrogens is 473 g/mol. The summed E-state index contributed by atoms with van der Waals surface area (Å²) in [6, 6.07) is 18.9. The molecule has 7 heteroatoms. The van der Waals surface area contributed by atoms with Crippen molar-refractivity contribution in [3.63, 3.8) is 0 Å². The van der Waals surface area contributed by atoms with Gasteiger partial charge in [0.15, 0.2) is 0 Å². The van der Waals surface area contributed by atoms with Gasteiger partial charge >= 0.3 is 0 Å². The number of carbonyl (C=O) groups is 2. The number of halogens is 2. The van der Waals surface area contributed by atoms with Crippen LogP contribution in [0.15, 0.2) is 77.4 Å². The van der Waals surface area contributed by atoms with Crippen LogP contribution in [-0.2, 0) is 11.3 Å². The van der Waals surface area contributed by atoms with Gasteiger partial charge < -0.3 is 9.80 Å². The molecule has 1 fully saturated rings. The molecule has 0 bridgehead atoms. The zero-order valence-electron chi connectivity index (χ0n) is 17.5. The van der Waals surface area contributed by atoms with E-state index in [9.17, 15) is 14.0 Å². The van der Waals surface area contributed by atoms with Gasteiger partial charge in [0, 0.05) is 40.9 Å². The average molecular weight is 496 g/mol. The Morgan fingerprint density at radius 2 is 1.69 bits per heavy atom. The first kappa shape index (κ1) is 22.1. The maximum Gasteiger partial charge on any atom is 0.253 e. The smallest absolute Gasteiger partial charge is 0.253 e. The number of hydrogen-bond acceptors (Lipinski definition) is 3. The quantitative estimate of drug-likeness (QED) is 0.496. The first-order chi connectivity index (χ1) is 15.5. The molecule has 1 aromatic heterocycles. The molecule has 1 saturated heterocycles. The number of hydrogen-bond donors (Lipinski definition) is 0. The molecule has 0 N–H and O–H groups in total. The fourth-order valence-corrected chi connectivity index (χ4v) is 4.16. The summed E-state index contributed by atoms with van der Waals surface area (Å²) in [7, 11) is 0. The number of nitrogens with zero attached hydrogens (tertiary/aromatic N) is 3. The highest BCUT2D eigenvalue weighted by Gasteiger charge is 2.31. The van der Waals surface area contributed by atoms with Gasteiger partial charge in [-0.15, -0.1) is 0 Å². The summed E-state index contributed by atoms with van der Waals surface area (Å²) < 4.78 is 14.1. The fourth-order valence-electron chi connectivity index (χ4n) is 3.90. The van der Waals surface area contributed by atoms with Crippen molar-refractivity contribution < 1.29 is 14.0 Å². The molecule has 0 aliphatic carbocycles. The van der Waals surface area contributed by atoms with Gasteiger partial charge in [-0.2, -0.15) is 0 Å². The zero-order chi connectivity index (χ0) is 22.5. The number of benzene rings is 2. The molecule has 1 aliphatic heterocycles. The van der Waals surface area contributed by atoms with Gasteiger partial charge in [-0.25, -0.2) is 4.39 Å². The number of amides is 2. The molecule has 3 aromatic rings. The van der Waals surface area contributed by atoms with Gasteiger partial charge in [-0.1, -0.05) is 22.0 Å². The second kappa shape index (κ2) is 10.0. The molecule has 2 amide bonds. The summed E-state index contributed by atoms with van der Waals surface area (Å²) >= 11 is 3.44. The SMILES string of the molecule is O=C(c1ccc(F)cc1)N1CCC(C(=O)N(Cc2ccccn2)c2ccc(Br)cc2)CC1. The number of pyridine rings is 1. The molecule has 0 atom stereocenters. The van der Waals surface area contributed by atoms with Crippen LogP contribution in [0.5, 0.6) is 0 Å². The molecule has 0 unspecified atom stereocenters. The van der Waals surface area contributed by atoms with Crippen molar-refractivity contribution in [2.75, 3.05) is 18.0 Å². The van der Waals surface area contributed by atoms with E-state index in [4.69, 9.17) is 0 Å². The van der Waals surface area contributed by atoms with Crippen molar-refractivity contribution in [2.45, 2.75) is 19.4 Å².